The highest BCUT2D eigenvalue weighted by molar-refractivity contribution is 5.64. The zero-order valence-corrected chi connectivity index (χ0v) is 7.00. The van der Waals surface area contributed by atoms with Gasteiger partial charge in [0.05, 0.1) is 6.07 Å². The van der Waals surface area contributed by atoms with Crippen LogP contribution in [0.15, 0.2) is 12.2 Å². The zero-order valence-electron chi connectivity index (χ0n) is 7.00. The number of carbonyl (C=O) groups is 1. The molecule has 0 spiro atoms. The Morgan fingerprint density at radius 2 is 2.18 bits per heavy atom. The van der Waals surface area contributed by atoms with E-state index < -0.39 is 0 Å². The standard InChI is InChI=1S/C9H13NO/c1-9(2,5-3-7-10)6-4-8-11/h4,6,8H,3,5H2,1-2H3/b6-4+. The minimum absolute atomic E-state index is 0.0311. The molecule has 0 aliphatic carbocycles. The molecule has 0 amide bonds. The van der Waals surface area contributed by atoms with Crippen molar-refractivity contribution in [2.24, 2.45) is 5.41 Å². The SMILES string of the molecule is CC(C)(/C=C/C=O)CCC#N. The third-order valence-electron chi connectivity index (χ3n) is 1.51. The number of nitrogens with zero attached hydrogens (tertiary/aromatic N) is 1. The molecule has 0 atom stereocenters. The van der Waals surface area contributed by atoms with E-state index in [9.17, 15) is 4.79 Å². The zero-order chi connectivity index (χ0) is 8.74. The average molecular weight is 151 g/mol. The van der Waals surface area contributed by atoms with E-state index in [1.807, 2.05) is 19.9 Å². The van der Waals surface area contributed by atoms with Gasteiger partial charge in [-0.15, -0.1) is 0 Å². The Bertz CT molecular complexity index is 186. The summed E-state index contributed by atoms with van der Waals surface area (Å²) in [5, 5.41) is 8.31. The molecule has 0 fully saturated rings. The summed E-state index contributed by atoms with van der Waals surface area (Å²) >= 11 is 0. The molecule has 0 aromatic heterocycles. The minimum Gasteiger partial charge on any atom is -0.299 e. The average Bonchev–Trinajstić information content (AvgIpc) is 1.97. The number of allylic oxidation sites excluding steroid dienone is 2. The molecule has 2 heteroatoms. The third kappa shape index (κ3) is 5.35. The fraction of sp³-hybridized carbons (Fsp3) is 0.556. The third-order valence-corrected chi connectivity index (χ3v) is 1.51. The highest BCUT2D eigenvalue weighted by Crippen LogP contribution is 2.23. The Morgan fingerprint density at radius 1 is 1.55 bits per heavy atom. The molecule has 0 saturated heterocycles. The summed E-state index contributed by atoms with van der Waals surface area (Å²) in [5.41, 5.74) is -0.0311. The molecule has 0 aliphatic heterocycles. The van der Waals surface area contributed by atoms with E-state index in [-0.39, 0.29) is 5.41 Å². The molecule has 11 heavy (non-hydrogen) atoms. The van der Waals surface area contributed by atoms with Gasteiger partial charge in [-0.2, -0.15) is 5.26 Å². The van der Waals surface area contributed by atoms with E-state index in [4.69, 9.17) is 5.26 Å². The fourth-order valence-corrected chi connectivity index (χ4v) is 0.761. The lowest BCUT2D eigenvalue weighted by atomic mass is 9.88. The Kier molecular flexibility index (Phi) is 4.21. The first-order chi connectivity index (χ1) is 5.12. The first-order valence-corrected chi connectivity index (χ1v) is 3.62. The molecule has 0 N–H and O–H groups in total. The molecule has 0 unspecified atom stereocenters. The van der Waals surface area contributed by atoms with Crippen LogP contribution in [0.4, 0.5) is 0 Å². The van der Waals surface area contributed by atoms with Crippen LogP contribution in [0, 0.1) is 16.7 Å². The van der Waals surface area contributed by atoms with Crippen LogP contribution < -0.4 is 0 Å². The molecule has 0 aromatic rings. The number of aldehydes is 1. The Balaban J connectivity index is 3.90. The summed E-state index contributed by atoms with van der Waals surface area (Å²) in [5.74, 6) is 0. The highest BCUT2D eigenvalue weighted by atomic mass is 16.1. The molecular formula is C9H13NO. The highest BCUT2D eigenvalue weighted by Gasteiger charge is 2.11. The van der Waals surface area contributed by atoms with Gasteiger partial charge in [-0.25, -0.2) is 0 Å². The van der Waals surface area contributed by atoms with Crippen LogP contribution in [0.5, 0.6) is 0 Å². The number of hydrogen-bond acceptors (Lipinski definition) is 2. The van der Waals surface area contributed by atoms with Crippen molar-refractivity contribution in [3.05, 3.63) is 12.2 Å². The van der Waals surface area contributed by atoms with Crippen LogP contribution in [0.2, 0.25) is 0 Å². The van der Waals surface area contributed by atoms with Gasteiger partial charge in [0.15, 0.2) is 0 Å². The van der Waals surface area contributed by atoms with E-state index in [2.05, 4.69) is 6.07 Å². The number of carbonyl (C=O) groups excluding carboxylic acids is 1. The van der Waals surface area contributed by atoms with E-state index in [1.165, 1.54) is 6.08 Å². The van der Waals surface area contributed by atoms with Gasteiger partial charge in [-0.05, 0) is 17.9 Å². The van der Waals surface area contributed by atoms with Crippen molar-refractivity contribution in [3.8, 4) is 6.07 Å². The maximum Gasteiger partial charge on any atom is 0.142 e. The first kappa shape index (κ1) is 9.90. The summed E-state index contributed by atoms with van der Waals surface area (Å²) in [7, 11) is 0. The van der Waals surface area contributed by atoms with Crippen molar-refractivity contribution < 1.29 is 4.79 Å². The van der Waals surface area contributed by atoms with E-state index >= 15 is 0 Å². The summed E-state index contributed by atoms with van der Waals surface area (Å²) < 4.78 is 0. The summed E-state index contributed by atoms with van der Waals surface area (Å²) in [4.78, 5) is 9.97. The molecule has 2 nitrogen and oxygen atoms in total. The van der Waals surface area contributed by atoms with E-state index in [0.29, 0.717) is 6.42 Å². The van der Waals surface area contributed by atoms with Crippen molar-refractivity contribution in [2.75, 3.05) is 0 Å². The van der Waals surface area contributed by atoms with E-state index in [0.717, 1.165) is 12.7 Å². The lowest BCUT2D eigenvalue weighted by Gasteiger charge is -2.17. The fourth-order valence-electron chi connectivity index (χ4n) is 0.761. The molecule has 0 saturated carbocycles. The monoisotopic (exact) mass is 151 g/mol. The normalized spacial score (nSPS) is 11.4. The lowest BCUT2D eigenvalue weighted by molar-refractivity contribution is -0.104. The van der Waals surface area contributed by atoms with Crippen molar-refractivity contribution in [3.63, 3.8) is 0 Å². The van der Waals surface area contributed by atoms with Crippen LogP contribution >= 0.6 is 0 Å². The molecule has 0 radical (unpaired) electrons. The minimum atomic E-state index is -0.0311. The number of rotatable bonds is 4. The lowest BCUT2D eigenvalue weighted by Crippen LogP contribution is -2.06. The van der Waals surface area contributed by atoms with Crippen molar-refractivity contribution >= 4 is 6.29 Å². The van der Waals surface area contributed by atoms with Crippen LogP contribution in [0.3, 0.4) is 0 Å². The summed E-state index contributed by atoms with van der Waals surface area (Å²) in [6, 6.07) is 2.08. The maximum absolute atomic E-state index is 9.97. The second-order valence-electron chi connectivity index (χ2n) is 3.14. The summed E-state index contributed by atoms with van der Waals surface area (Å²) in [6.07, 6.45) is 5.41. The molecule has 0 aliphatic rings. The molecule has 0 bridgehead atoms. The maximum atomic E-state index is 9.97. The molecule has 60 valence electrons. The second kappa shape index (κ2) is 4.68. The molecule has 0 rings (SSSR count). The molecule has 0 heterocycles. The Labute approximate surface area is 67.5 Å². The van der Waals surface area contributed by atoms with Crippen molar-refractivity contribution in [2.45, 2.75) is 26.7 Å². The predicted octanol–water partition coefficient (Wildman–Crippen LogP) is 2.07. The van der Waals surface area contributed by atoms with Crippen molar-refractivity contribution in [1.82, 2.24) is 0 Å². The smallest absolute Gasteiger partial charge is 0.142 e. The molecule has 0 aromatic carbocycles. The largest absolute Gasteiger partial charge is 0.299 e. The predicted molar refractivity (Wildman–Crippen MR) is 43.8 cm³/mol. The van der Waals surface area contributed by atoms with Gasteiger partial charge in [0.2, 0.25) is 0 Å². The summed E-state index contributed by atoms with van der Waals surface area (Å²) in [6.45, 7) is 4.01. The van der Waals surface area contributed by atoms with Crippen LogP contribution in [-0.4, -0.2) is 6.29 Å². The van der Waals surface area contributed by atoms with Gasteiger partial charge in [0, 0.05) is 6.42 Å². The van der Waals surface area contributed by atoms with Gasteiger partial charge in [-0.3, -0.25) is 4.79 Å². The van der Waals surface area contributed by atoms with Crippen LogP contribution in [0.25, 0.3) is 0 Å². The first-order valence-electron chi connectivity index (χ1n) is 3.62. The Hall–Kier alpha value is -1.10. The topological polar surface area (TPSA) is 40.9 Å². The number of nitriles is 1. The van der Waals surface area contributed by atoms with Crippen LogP contribution in [0.1, 0.15) is 26.7 Å². The second-order valence-corrected chi connectivity index (χ2v) is 3.14. The Morgan fingerprint density at radius 3 is 2.64 bits per heavy atom. The number of hydrogen-bond donors (Lipinski definition) is 0. The van der Waals surface area contributed by atoms with Gasteiger partial charge in [0.1, 0.15) is 6.29 Å². The van der Waals surface area contributed by atoms with Gasteiger partial charge < -0.3 is 0 Å². The van der Waals surface area contributed by atoms with Gasteiger partial charge in [-0.1, -0.05) is 19.9 Å². The van der Waals surface area contributed by atoms with Gasteiger partial charge in [0.25, 0.3) is 0 Å². The van der Waals surface area contributed by atoms with Crippen LogP contribution in [-0.2, 0) is 4.79 Å². The quantitative estimate of drug-likeness (QED) is 0.456. The van der Waals surface area contributed by atoms with E-state index in [1.54, 1.807) is 0 Å². The van der Waals surface area contributed by atoms with Crippen molar-refractivity contribution in [1.29, 1.82) is 5.26 Å². The van der Waals surface area contributed by atoms with Gasteiger partial charge >= 0.3 is 0 Å². The molecular weight excluding hydrogens is 138 g/mol.